The maximum absolute atomic E-state index is 13.9. The Morgan fingerprint density at radius 2 is 1.36 bits per heavy atom. The third kappa shape index (κ3) is 9.16. The molecule has 0 bridgehead atoms. The molecular weight excluding hydrogens is 599 g/mol. The summed E-state index contributed by atoms with van der Waals surface area (Å²) in [6.07, 6.45) is 9.06. The summed E-state index contributed by atoms with van der Waals surface area (Å²) in [5.74, 6) is 0.000905. The van der Waals surface area contributed by atoms with Crippen molar-refractivity contribution in [2.75, 3.05) is 13.2 Å². The van der Waals surface area contributed by atoms with Gasteiger partial charge in [-0.2, -0.15) is 0 Å². The van der Waals surface area contributed by atoms with Gasteiger partial charge in [0.2, 0.25) is 0 Å². The van der Waals surface area contributed by atoms with Crippen LogP contribution in [0.4, 0.5) is 4.79 Å². The van der Waals surface area contributed by atoms with Crippen LogP contribution in [-0.2, 0) is 15.6 Å². The molecule has 3 aromatic rings. The third-order valence-electron chi connectivity index (χ3n) is 9.67. The Hall–Kier alpha value is -2.93. The molecule has 47 heavy (non-hydrogen) atoms. The molecule has 5 nitrogen and oxygen atoms in total. The van der Waals surface area contributed by atoms with Gasteiger partial charge >= 0.3 is 6.09 Å². The minimum Gasteiger partial charge on any atom is -0.444 e. The summed E-state index contributed by atoms with van der Waals surface area (Å²) in [6.45, 7) is 15.0. The Bertz CT molecular complexity index is 1330. The molecule has 6 heteroatoms. The lowest BCUT2D eigenvalue weighted by molar-refractivity contribution is 0.00327. The van der Waals surface area contributed by atoms with Gasteiger partial charge < -0.3 is 14.3 Å². The molecule has 1 heterocycles. The number of carbonyl (C=O) groups is 1. The normalized spacial score (nSPS) is 18.8. The Morgan fingerprint density at radius 1 is 0.809 bits per heavy atom. The molecule has 0 saturated carbocycles. The lowest BCUT2D eigenvalue weighted by Crippen LogP contribution is -2.67. The van der Waals surface area contributed by atoms with Gasteiger partial charge in [-0.3, -0.25) is 4.90 Å². The summed E-state index contributed by atoms with van der Waals surface area (Å²) >= 11 is 0. The SMILES string of the molecule is CCCCCCCCc1ccc([C@H]2C[C@H](CO)N(C(=O)OC(C)(C)C)[C@H]2CO[Si](c2ccccc2)(c2ccccc2)C(C)(C)C)cc1. The van der Waals surface area contributed by atoms with E-state index in [0.29, 0.717) is 13.0 Å². The average molecular weight is 658 g/mol. The molecule has 1 saturated heterocycles. The molecule has 0 unspecified atom stereocenters. The highest BCUT2D eigenvalue weighted by Gasteiger charge is 2.53. The molecule has 3 aromatic carbocycles. The molecule has 3 atom stereocenters. The maximum atomic E-state index is 13.9. The van der Waals surface area contributed by atoms with E-state index in [1.165, 1.54) is 60.0 Å². The summed E-state index contributed by atoms with van der Waals surface area (Å²) in [7, 11) is -2.87. The van der Waals surface area contributed by atoms with Crippen LogP contribution in [0.2, 0.25) is 5.04 Å². The molecule has 0 aromatic heterocycles. The van der Waals surface area contributed by atoms with Gasteiger partial charge in [-0.05, 0) is 66.6 Å². The first-order valence-electron chi connectivity index (χ1n) is 17.9. The van der Waals surface area contributed by atoms with E-state index < -0.39 is 20.0 Å². The lowest BCUT2D eigenvalue weighted by atomic mass is 9.90. The predicted octanol–water partition coefficient (Wildman–Crippen LogP) is 8.62. The number of aliphatic hydroxyl groups is 1. The highest BCUT2D eigenvalue weighted by molar-refractivity contribution is 6.99. The molecule has 1 N–H and O–H groups in total. The highest BCUT2D eigenvalue weighted by atomic mass is 28.4. The number of aliphatic hydroxyl groups excluding tert-OH is 1. The van der Waals surface area contributed by atoms with E-state index in [2.05, 4.69) is 113 Å². The van der Waals surface area contributed by atoms with Crippen molar-refractivity contribution in [2.45, 2.75) is 128 Å². The van der Waals surface area contributed by atoms with Crippen LogP contribution in [0.3, 0.4) is 0 Å². The van der Waals surface area contributed by atoms with Crippen molar-refractivity contribution >= 4 is 24.8 Å². The van der Waals surface area contributed by atoms with Gasteiger partial charge in [0.1, 0.15) is 5.60 Å². The van der Waals surface area contributed by atoms with E-state index in [1.807, 2.05) is 20.8 Å². The number of ether oxygens (including phenoxy) is 1. The number of unbranched alkanes of at least 4 members (excludes halogenated alkanes) is 5. The summed E-state index contributed by atoms with van der Waals surface area (Å²) in [5.41, 5.74) is 1.87. The van der Waals surface area contributed by atoms with Crippen LogP contribution in [0.5, 0.6) is 0 Å². The lowest BCUT2D eigenvalue weighted by Gasteiger charge is -2.44. The molecule has 1 fully saturated rings. The van der Waals surface area contributed by atoms with Crippen molar-refractivity contribution in [1.29, 1.82) is 0 Å². The van der Waals surface area contributed by atoms with Gasteiger partial charge in [-0.15, -0.1) is 0 Å². The number of hydrogen-bond acceptors (Lipinski definition) is 4. The van der Waals surface area contributed by atoms with Crippen molar-refractivity contribution in [2.24, 2.45) is 0 Å². The van der Waals surface area contributed by atoms with Gasteiger partial charge in [0, 0.05) is 5.92 Å². The van der Waals surface area contributed by atoms with Crippen molar-refractivity contribution in [3.05, 3.63) is 96.1 Å². The minimum absolute atomic E-state index is 0.000905. The van der Waals surface area contributed by atoms with Crippen LogP contribution < -0.4 is 10.4 Å². The predicted molar refractivity (Wildman–Crippen MR) is 197 cm³/mol. The molecule has 0 spiro atoms. The minimum atomic E-state index is -2.87. The molecule has 1 aliphatic heterocycles. The topological polar surface area (TPSA) is 59.0 Å². The number of amides is 1. The van der Waals surface area contributed by atoms with E-state index in [9.17, 15) is 9.90 Å². The summed E-state index contributed by atoms with van der Waals surface area (Å²) in [5, 5.41) is 12.8. The van der Waals surface area contributed by atoms with Crippen LogP contribution in [0.1, 0.15) is 110 Å². The van der Waals surface area contributed by atoms with Crippen LogP contribution in [-0.4, -0.2) is 55.3 Å². The van der Waals surface area contributed by atoms with E-state index in [1.54, 1.807) is 4.90 Å². The number of carbonyl (C=O) groups excluding carboxylic acids is 1. The Kier molecular flexibility index (Phi) is 12.9. The van der Waals surface area contributed by atoms with Crippen LogP contribution in [0, 0.1) is 0 Å². The molecule has 256 valence electrons. The molecular formula is C41H59NO4Si. The summed E-state index contributed by atoms with van der Waals surface area (Å²) < 4.78 is 13.4. The van der Waals surface area contributed by atoms with E-state index >= 15 is 0 Å². The number of aryl methyl sites for hydroxylation is 1. The first-order valence-corrected chi connectivity index (χ1v) is 19.8. The fourth-order valence-corrected chi connectivity index (χ4v) is 11.9. The quantitative estimate of drug-likeness (QED) is 0.139. The van der Waals surface area contributed by atoms with Crippen molar-refractivity contribution in [1.82, 2.24) is 4.90 Å². The molecule has 0 radical (unpaired) electrons. The number of likely N-dealkylation sites (tertiary alicyclic amines) is 1. The number of nitrogens with zero attached hydrogens (tertiary/aromatic N) is 1. The maximum Gasteiger partial charge on any atom is 0.410 e. The van der Waals surface area contributed by atoms with Crippen LogP contribution in [0.15, 0.2) is 84.9 Å². The smallest absolute Gasteiger partial charge is 0.410 e. The number of hydrogen-bond donors (Lipinski definition) is 1. The van der Waals surface area contributed by atoms with Gasteiger partial charge in [0.05, 0.1) is 25.3 Å². The summed E-state index contributed by atoms with van der Waals surface area (Å²) in [6, 6.07) is 29.6. The second-order valence-corrected chi connectivity index (χ2v) is 19.7. The van der Waals surface area contributed by atoms with Gasteiger partial charge in [0.25, 0.3) is 8.32 Å². The molecule has 1 amide bonds. The Balaban J connectivity index is 1.69. The molecule has 0 aliphatic carbocycles. The second kappa shape index (κ2) is 16.4. The van der Waals surface area contributed by atoms with E-state index in [-0.39, 0.29) is 29.6 Å². The fourth-order valence-electron chi connectivity index (χ4n) is 7.36. The van der Waals surface area contributed by atoms with Gasteiger partial charge in [-0.25, -0.2) is 4.79 Å². The van der Waals surface area contributed by atoms with Crippen molar-refractivity contribution in [3.63, 3.8) is 0 Å². The molecule has 4 rings (SSSR count). The van der Waals surface area contributed by atoms with E-state index in [0.717, 1.165) is 6.42 Å². The summed E-state index contributed by atoms with van der Waals surface area (Å²) in [4.78, 5) is 15.7. The van der Waals surface area contributed by atoms with Crippen molar-refractivity contribution in [3.8, 4) is 0 Å². The van der Waals surface area contributed by atoms with Crippen LogP contribution in [0.25, 0.3) is 0 Å². The van der Waals surface area contributed by atoms with Gasteiger partial charge in [-0.1, -0.05) is 145 Å². The fraction of sp³-hybridized carbons (Fsp3) is 0.537. The van der Waals surface area contributed by atoms with E-state index in [4.69, 9.17) is 9.16 Å². The monoisotopic (exact) mass is 657 g/mol. The largest absolute Gasteiger partial charge is 0.444 e. The van der Waals surface area contributed by atoms with Crippen molar-refractivity contribution < 1.29 is 19.1 Å². The number of rotatable bonds is 14. The number of benzene rings is 3. The zero-order valence-corrected chi connectivity index (χ0v) is 31.0. The first-order chi connectivity index (χ1) is 22.4. The van der Waals surface area contributed by atoms with Gasteiger partial charge in [0.15, 0.2) is 0 Å². The zero-order chi connectivity index (χ0) is 34.1. The zero-order valence-electron chi connectivity index (χ0n) is 30.0. The third-order valence-corrected chi connectivity index (χ3v) is 14.7. The molecule has 1 aliphatic rings. The average Bonchev–Trinajstić information content (AvgIpc) is 3.42. The standard InChI is InChI=1S/C41H59NO4Si/c1-8-9-10-11-12-15-20-32-25-27-33(28-26-32)37-29-34(30-43)42(39(44)46-40(2,3)4)38(37)31-45-47(41(5,6)7,35-21-16-13-17-22-35)36-23-18-14-19-24-36/h13-14,16-19,21-28,34,37-38,43H,8-12,15,20,29-31H2,1-7H3/t34-,37-,38+/m1/s1. The second-order valence-electron chi connectivity index (χ2n) is 15.4. The highest BCUT2D eigenvalue weighted by Crippen LogP contribution is 2.42. The first kappa shape index (κ1) is 36.9. The Morgan fingerprint density at radius 3 is 1.87 bits per heavy atom. The Labute approximate surface area is 285 Å². The van der Waals surface area contributed by atoms with Crippen LogP contribution >= 0.6 is 0 Å².